The summed E-state index contributed by atoms with van der Waals surface area (Å²) in [5.41, 5.74) is -0.0478. The van der Waals surface area contributed by atoms with Gasteiger partial charge in [-0.2, -0.15) is 0 Å². The van der Waals surface area contributed by atoms with Gasteiger partial charge in [-0.15, -0.1) is 0 Å². The molecule has 1 N–H and O–H groups in total. The molecule has 1 aromatic rings. The zero-order valence-electron chi connectivity index (χ0n) is 23.0. The number of unbranched alkanes of at least 4 members (excludes halogenated alkanes) is 1. The molecule has 1 rings (SSSR count). The summed E-state index contributed by atoms with van der Waals surface area (Å²) in [4.78, 5) is 23.7. The monoisotopic (exact) mass is 520 g/mol. The van der Waals surface area contributed by atoms with E-state index >= 15 is 0 Å². The van der Waals surface area contributed by atoms with Gasteiger partial charge in [0, 0.05) is 6.61 Å². The number of allylic oxidation sites excluding steroid dienone is 12. The van der Waals surface area contributed by atoms with Gasteiger partial charge in [0.15, 0.2) is 6.10 Å². The molecule has 0 aliphatic heterocycles. The van der Waals surface area contributed by atoms with Gasteiger partial charge in [-0.1, -0.05) is 98.9 Å². The molecule has 0 saturated carbocycles. The Morgan fingerprint density at radius 1 is 0.763 bits per heavy atom. The molecule has 0 radical (unpaired) electrons. The summed E-state index contributed by atoms with van der Waals surface area (Å²) in [6.07, 6.45) is 33.4. The summed E-state index contributed by atoms with van der Waals surface area (Å²) >= 11 is 0. The summed E-state index contributed by atoms with van der Waals surface area (Å²) in [6.45, 7) is 4.41. The maximum Gasteiger partial charge on any atom is 0.340 e. The number of para-hydroxylation sites is 1. The highest BCUT2D eigenvalue weighted by atomic mass is 16.6. The summed E-state index contributed by atoms with van der Waals surface area (Å²) < 4.78 is 11.0. The van der Waals surface area contributed by atoms with Crippen molar-refractivity contribution in [1.82, 2.24) is 0 Å². The van der Waals surface area contributed by atoms with E-state index in [2.05, 4.69) is 79.8 Å². The van der Waals surface area contributed by atoms with Crippen LogP contribution in [-0.4, -0.2) is 29.8 Å². The smallest absolute Gasteiger partial charge is 0.340 e. The lowest BCUT2D eigenvalue weighted by Gasteiger charge is -2.15. The fraction of sp³-hybridized carbons (Fsp3) is 0.394. The van der Waals surface area contributed by atoms with Crippen LogP contribution in [0.15, 0.2) is 97.2 Å². The Hall–Kier alpha value is -3.44. The predicted molar refractivity (Wildman–Crippen MR) is 157 cm³/mol. The van der Waals surface area contributed by atoms with E-state index in [9.17, 15) is 14.7 Å². The highest BCUT2D eigenvalue weighted by Crippen LogP contribution is 2.19. The minimum Gasteiger partial charge on any atom is -0.478 e. The van der Waals surface area contributed by atoms with Crippen LogP contribution < -0.4 is 4.74 Å². The molecule has 0 spiro atoms. The predicted octanol–water partition coefficient (Wildman–Crippen LogP) is 8.56. The van der Waals surface area contributed by atoms with E-state index in [4.69, 9.17) is 9.47 Å². The van der Waals surface area contributed by atoms with Gasteiger partial charge >= 0.3 is 11.9 Å². The van der Waals surface area contributed by atoms with E-state index in [1.54, 1.807) is 12.1 Å². The third-order valence-electron chi connectivity index (χ3n) is 5.39. The van der Waals surface area contributed by atoms with Gasteiger partial charge in [0.05, 0.1) is 0 Å². The Labute approximate surface area is 228 Å². The van der Waals surface area contributed by atoms with Crippen LogP contribution in [0.3, 0.4) is 0 Å². The standard InChI is InChI=1S/C33H44O5/c1-3-5-6-7-8-9-10-11-12-13-14-15-16-17-18-19-20-21-22-25-28-37-30(4-2)33(36)38-31-27-24-23-26-29(31)32(34)35/h5-6,8-9,11-12,14-15,17-18,20-21,23-24,26-27,30H,3-4,7,10,13,16,19,22,25,28H2,1-2H3,(H,34,35). The van der Waals surface area contributed by atoms with Gasteiger partial charge in [-0.25, -0.2) is 9.59 Å². The Kier molecular flexibility index (Phi) is 19.5. The molecule has 0 aliphatic carbocycles. The van der Waals surface area contributed by atoms with Gasteiger partial charge in [0.25, 0.3) is 0 Å². The van der Waals surface area contributed by atoms with E-state index in [1.807, 2.05) is 6.92 Å². The van der Waals surface area contributed by atoms with Crippen molar-refractivity contribution in [2.45, 2.75) is 77.7 Å². The number of aromatic carboxylic acids is 1. The zero-order chi connectivity index (χ0) is 27.7. The Morgan fingerprint density at radius 2 is 1.26 bits per heavy atom. The van der Waals surface area contributed by atoms with Gasteiger partial charge in [-0.05, 0) is 69.9 Å². The summed E-state index contributed by atoms with van der Waals surface area (Å²) in [5.74, 6) is -1.68. The zero-order valence-corrected chi connectivity index (χ0v) is 23.0. The molecule has 38 heavy (non-hydrogen) atoms. The van der Waals surface area contributed by atoms with Crippen molar-refractivity contribution in [2.75, 3.05) is 6.61 Å². The van der Waals surface area contributed by atoms with Crippen LogP contribution in [0.4, 0.5) is 0 Å². The van der Waals surface area contributed by atoms with Crippen LogP contribution in [0.25, 0.3) is 0 Å². The molecule has 5 heteroatoms. The van der Waals surface area contributed by atoms with Crippen molar-refractivity contribution < 1.29 is 24.2 Å². The first-order chi connectivity index (χ1) is 18.6. The van der Waals surface area contributed by atoms with Crippen molar-refractivity contribution in [3.8, 4) is 5.75 Å². The second-order valence-electron chi connectivity index (χ2n) is 8.55. The second-order valence-corrected chi connectivity index (χ2v) is 8.55. The van der Waals surface area contributed by atoms with E-state index in [1.165, 1.54) is 12.1 Å². The lowest BCUT2D eigenvalue weighted by atomic mass is 10.2. The average Bonchev–Trinajstić information content (AvgIpc) is 2.91. The van der Waals surface area contributed by atoms with Crippen molar-refractivity contribution in [1.29, 1.82) is 0 Å². The summed E-state index contributed by atoms with van der Waals surface area (Å²) in [5, 5.41) is 9.22. The van der Waals surface area contributed by atoms with E-state index in [-0.39, 0.29) is 11.3 Å². The minimum atomic E-state index is -1.14. The molecule has 1 atom stereocenters. The first-order valence-corrected chi connectivity index (χ1v) is 13.7. The number of benzene rings is 1. The number of rotatable bonds is 20. The normalized spacial score (nSPS) is 13.2. The van der Waals surface area contributed by atoms with Gasteiger partial charge in [0.1, 0.15) is 11.3 Å². The molecule has 0 aromatic heterocycles. The maximum absolute atomic E-state index is 12.4. The lowest BCUT2D eigenvalue weighted by Crippen LogP contribution is -2.29. The van der Waals surface area contributed by atoms with E-state index < -0.39 is 18.0 Å². The van der Waals surface area contributed by atoms with E-state index in [0.29, 0.717) is 13.0 Å². The first kappa shape index (κ1) is 32.6. The van der Waals surface area contributed by atoms with Gasteiger partial charge in [0.2, 0.25) is 0 Å². The second kappa shape index (κ2) is 22.7. The van der Waals surface area contributed by atoms with Crippen LogP contribution in [0.1, 0.15) is 82.0 Å². The maximum atomic E-state index is 12.4. The highest BCUT2D eigenvalue weighted by molar-refractivity contribution is 5.92. The molecule has 1 unspecified atom stereocenters. The highest BCUT2D eigenvalue weighted by Gasteiger charge is 2.21. The third-order valence-corrected chi connectivity index (χ3v) is 5.39. The van der Waals surface area contributed by atoms with Crippen LogP contribution in [0, 0.1) is 0 Å². The summed E-state index contributed by atoms with van der Waals surface area (Å²) in [6, 6.07) is 6.08. The fourth-order valence-corrected chi connectivity index (χ4v) is 3.33. The molecule has 0 bridgehead atoms. The molecule has 0 heterocycles. The number of carboxylic acids is 1. The Balaban J connectivity index is 2.12. The van der Waals surface area contributed by atoms with Gasteiger partial charge in [-0.3, -0.25) is 0 Å². The first-order valence-electron chi connectivity index (χ1n) is 13.7. The molecule has 0 aliphatic rings. The van der Waals surface area contributed by atoms with Crippen molar-refractivity contribution >= 4 is 11.9 Å². The van der Waals surface area contributed by atoms with Crippen molar-refractivity contribution in [3.05, 3.63) is 103 Å². The molecule has 206 valence electrons. The molecular weight excluding hydrogens is 476 g/mol. The third kappa shape index (κ3) is 16.3. The van der Waals surface area contributed by atoms with Crippen LogP contribution in [0.5, 0.6) is 5.75 Å². The number of carboxylic acid groups (broad SMARTS) is 1. The largest absolute Gasteiger partial charge is 0.478 e. The van der Waals surface area contributed by atoms with E-state index in [0.717, 1.165) is 51.4 Å². The molecule has 5 nitrogen and oxygen atoms in total. The quantitative estimate of drug-likeness (QED) is 0.0807. The van der Waals surface area contributed by atoms with Crippen molar-refractivity contribution in [3.63, 3.8) is 0 Å². The van der Waals surface area contributed by atoms with Crippen LogP contribution >= 0.6 is 0 Å². The Morgan fingerprint density at radius 3 is 1.76 bits per heavy atom. The number of ether oxygens (including phenoxy) is 2. The SMILES string of the molecule is CCC=CCC=CCC=CCC=CCC=CCC=CCCCOC(CC)C(=O)Oc1ccccc1C(=O)O. The van der Waals surface area contributed by atoms with Crippen LogP contribution in [-0.2, 0) is 9.53 Å². The summed E-state index contributed by atoms with van der Waals surface area (Å²) in [7, 11) is 0. The lowest BCUT2D eigenvalue weighted by molar-refractivity contribution is -0.147. The van der Waals surface area contributed by atoms with Crippen molar-refractivity contribution in [2.24, 2.45) is 0 Å². The molecule has 0 saturated heterocycles. The molecule has 0 amide bonds. The number of hydrogen-bond acceptors (Lipinski definition) is 4. The minimum absolute atomic E-state index is 0.0324. The molecular formula is C33H44O5. The Bertz CT molecular complexity index is 965. The van der Waals surface area contributed by atoms with Crippen LogP contribution in [0.2, 0.25) is 0 Å². The molecule has 1 aromatic carbocycles. The van der Waals surface area contributed by atoms with Gasteiger partial charge < -0.3 is 14.6 Å². The fourth-order valence-electron chi connectivity index (χ4n) is 3.33. The topological polar surface area (TPSA) is 72.8 Å². The number of carbonyl (C=O) groups is 2. The number of hydrogen-bond donors (Lipinski definition) is 1. The number of esters is 1. The number of carbonyl (C=O) groups excluding carboxylic acids is 1. The average molecular weight is 521 g/mol. The molecule has 0 fully saturated rings.